The van der Waals surface area contributed by atoms with Crippen LogP contribution in [0, 0.1) is 12.8 Å². The number of hydrogen-bond acceptors (Lipinski definition) is 5. The third-order valence-corrected chi connectivity index (χ3v) is 9.77. The van der Waals surface area contributed by atoms with Crippen LogP contribution in [0.3, 0.4) is 0 Å². The first-order valence-electron chi connectivity index (χ1n) is 13.6. The monoisotopic (exact) mass is 644 g/mol. The Kier molecular flexibility index (Phi) is 11.6. The van der Waals surface area contributed by atoms with Gasteiger partial charge in [-0.15, -0.1) is 0 Å². The molecule has 0 saturated carbocycles. The summed E-state index contributed by atoms with van der Waals surface area (Å²) in [5.41, 5.74) is 1.99. The maximum absolute atomic E-state index is 14.7. The quantitative estimate of drug-likeness (QED) is 0.244. The van der Waals surface area contributed by atoms with Crippen molar-refractivity contribution >= 4 is 45.1 Å². The van der Waals surface area contributed by atoms with Crippen molar-refractivity contribution in [3.8, 4) is 0 Å². The minimum absolute atomic E-state index is 0. The van der Waals surface area contributed by atoms with Crippen molar-refractivity contribution in [3.05, 3.63) is 111 Å². The van der Waals surface area contributed by atoms with Crippen LogP contribution >= 0.6 is 23.2 Å². The fourth-order valence-corrected chi connectivity index (χ4v) is 7.63. The molecule has 10 heteroatoms. The number of rotatable bonds is 9. The third-order valence-electron chi connectivity index (χ3n) is 7.25. The molecule has 0 aliphatic carbocycles. The number of sulfonamides is 1. The average molecular weight is 646 g/mol. The zero-order chi connectivity index (χ0) is 30.6. The van der Waals surface area contributed by atoms with E-state index in [-0.39, 0.29) is 30.2 Å². The van der Waals surface area contributed by atoms with Crippen LogP contribution in [0.4, 0.5) is 0 Å². The fourth-order valence-electron chi connectivity index (χ4n) is 5.29. The molecule has 3 aromatic rings. The summed E-state index contributed by atoms with van der Waals surface area (Å²) in [6, 6.07) is 17.9. The van der Waals surface area contributed by atoms with Crippen LogP contribution < -0.4 is 5.32 Å². The van der Waals surface area contributed by atoms with E-state index in [2.05, 4.69) is 5.32 Å². The molecule has 0 saturated heterocycles. The second-order valence-corrected chi connectivity index (χ2v) is 13.4. The normalized spacial score (nSPS) is 17.9. The van der Waals surface area contributed by atoms with E-state index in [9.17, 15) is 18.0 Å². The van der Waals surface area contributed by atoms with Crippen molar-refractivity contribution in [2.24, 2.45) is 5.92 Å². The number of methoxy groups -OCH3 is 1. The summed E-state index contributed by atoms with van der Waals surface area (Å²) in [7, 11) is -2.93. The Balaban J connectivity index is 0.00000506. The summed E-state index contributed by atoms with van der Waals surface area (Å²) < 4.78 is 35.6. The van der Waals surface area contributed by atoms with E-state index in [0.717, 1.165) is 0 Å². The van der Waals surface area contributed by atoms with Gasteiger partial charge in [-0.2, -0.15) is 4.31 Å². The van der Waals surface area contributed by atoms with Gasteiger partial charge in [0.1, 0.15) is 6.04 Å². The molecular weight excluding hydrogens is 607 g/mol. The predicted octanol–water partition coefficient (Wildman–Crippen LogP) is 7.45. The maximum atomic E-state index is 14.7. The smallest absolute Gasteiger partial charge is 0.328 e. The first-order valence-corrected chi connectivity index (χ1v) is 15.8. The summed E-state index contributed by atoms with van der Waals surface area (Å²) in [5, 5.41) is 3.72. The van der Waals surface area contributed by atoms with Gasteiger partial charge in [-0.25, -0.2) is 13.2 Å². The van der Waals surface area contributed by atoms with Crippen LogP contribution in [0.2, 0.25) is 10.0 Å². The molecule has 1 amide bonds. The number of aryl methyl sites for hydroxylation is 1. The minimum atomic E-state index is -4.20. The standard InChI is InChI=1S/C32H34Cl2N2O5S.CH4/c1-20(2)18-27(32(38)41-4)35-31(37)26-16-17-28(22-12-14-24(33)15-13-22)36(30(26)23-9-7-10-25(34)19-23)42(39,40)29-11-6-5-8-21(29)3;/h5-16,19-20,27-28,30H,17-18H2,1-4H3,(H,35,37);1H4/t27-,28-,30-;/m0./s1. The molecule has 0 bridgehead atoms. The fraction of sp³-hybridized carbons (Fsp3) is 0.333. The van der Waals surface area contributed by atoms with Crippen LogP contribution in [-0.2, 0) is 24.3 Å². The van der Waals surface area contributed by atoms with Crippen molar-refractivity contribution in [2.75, 3.05) is 7.11 Å². The SMILES string of the molecule is C.COC(=O)[C@H](CC(C)C)NC(=O)C1=CC[C@@H](c2ccc(Cl)cc2)N(S(=O)(=O)c2ccccc2C)[C@H]1c1cccc(Cl)c1. The van der Waals surface area contributed by atoms with E-state index in [1.807, 2.05) is 13.8 Å². The van der Waals surface area contributed by atoms with Crippen LogP contribution in [0.25, 0.3) is 0 Å². The number of carbonyl (C=O) groups is 2. The number of halogens is 2. The van der Waals surface area contributed by atoms with E-state index in [0.29, 0.717) is 33.2 Å². The molecule has 1 aliphatic rings. The molecule has 0 unspecified atom stereocenters. The highest BCUT2D eigenvalue weighted by Gasteiger charge is 2.45. The van der Waals surface area contributed by atoms with Crippen LogP contribution in [-0.4, -0.2) is 37.8 Å². The van der Waals surface area contributed by atoms with Gasteiger partial charge in [0.05, 0.1) is 24.1 Å². The third kappa shape index (κ3) is 7.68. The number of hydrogen-bond donors (Lipinski definition) is 1. The highest BCUT2D eigenvalue weighted by Crippen LogP contribution is 2.46. The Labute approximate surface area is 264 Å². The number of carbonyl (C=O) groups excluding carboxylic acids is 2. The summed E-state index contributed by atoms with van der Waals surface area (Å²) >= 11 is 12.6. The Morgan fingerprint density at radius 1 is 0.977 bits per heavy atom. The van der Waals surface area contributed by atoms with Gasteiger partial charge in [-0.1, -0.05) is 93.0 Å². The molecule has 1 N–H and O–H groups in total. The Morgan fingerprint density at radius 2 is 1.65 bits per heavy atom. The van der Waals surface area contributed by atoms with Crippen LogP contribution in [0.1, 0.15) is 62.9 Å². The topological polar surface area (TPSA) is 92.8 Å². The van der Waals surface area contributed by atoms with E-state index in [1.165, 1.54) is 11.4 Å². The molecule has 3 atom stereocenters. The van der Waals surface area contributed by atoms with Gasteiger partial charge in [-0.3, -0.25) is 4.79 Å². The van der Waals surface area contributed by atoms with Gasteiger partial charge >= 0.3 is 5.97 Å². The summed E-state index contributed by atoms with van der Waals surface area (Å²) in [6.45, 7) is 5.60. The molecule has 7 nitrogen and oxygen atoms in total. The van der Waals surface area contributed by atoms with E-state index >= 15 is 0 Å². The first kappa shape index (κ1) is 34.3. The van der Waals surface area contributed by atoms with Crippen molar-refractivity contribution in [3.63, 3.8) is 0 Å². The lowest BCUT2D eigenvalue weighted by Gasteiger charge is -2.41. The molecule has 1 heterocycles. The lowest BCUT2D eigenvalue weighted by Crippen LogP contribution is -2.48. The number of nitrogens with one attached hydrogen (secondary N) is 1. The largest absolute Gasteiger partial charge is 0.467 e. The number of benzene rings is 3. The average Bonchev–Trinajstić information content (AvgIpc) is 2.96. The first-order chi connectivity index (χ1) is 19.9. The van der Waals surface area contributed by atoms with Gasteiger partial charge in [-0.05, 0) is 72.7 Å². The molecule has 3 aromatic carbocycles. The highest BCUT2D eigenvalue weighted by atomic mass is 35.5. The lowest BCUT2D eigenvalue weighted by atomic mass is 9.88. The molecule has 0 radical (unpaired) electrons. The minimum Gasteiger partial charge on any atom is -0.467 e. The molecule has 0 spiro atoms. The number of esters is 1. The zero-order valence-corrected chi connectivity index (χ0v) is 26.2. The Hall–Kier alpha value is -3.17. The number of amides is 1. The van der Waals surface area contributed by atoms with Crippen LogP contribution in [0.5, 0.6) is 0 Å². The molecule has 0 aromatic heterocycles. The van der Waals surface area contributed by atoms with Gasteiger partial charge in [0.25, 0.3) is 0 Å². The molecule has 0 fully saturated rings. The van der Waals surface area contributed by atoms with Gasteiger partial charge in [0.15, 0.2) is 0 Å². The van der Waals surface area contributed by atoms with E-state index < -0.39 is 40.0 Å². The van der Waals surface area contributed by atoms with Gasteiger partial charge < -0.3 is 10.1 Å². The second-order valence-electron chi connectivity index (χ2n) is 10.7. The predicted molar refractivity (Wildman–Crippen MR) is 171 cm³/mol. The lowest BCUT2D eigenvalue weighted by molar-refractivity contribution is -0.145. The molecule has 230 valence electrons. The second kappa shape index (κ2) is 14.5. The van der Waals surface area contributed by atoms with Crippen molar-refractivity contribution in [2.45, 2.75) is 64.1 Å². The van der Waals surface area contributed by atoms with Crippen LogP contribution in [0.15, 0.2) is 89.3 Å². The van der Waals surface area contributed by atoms with Crippen molar-refractivity contribution in [1.82, 2.24) is 9.62 Å². The van der Waals surface area contributed by atoms with Gasteiger partial charge in [0.2, 0.25) is 15.9 Å². The van der Waals surface area contributed by atoms with E-state index in [4.69, 9.17) is 27.9 Å². The van der Waals surface area contributed by atoms with E-state index in [1.54, 1.807) is 85.8 Å². The Morgan fingerprint density at radius 3 is 2.26 bits per heavy atom. The zero-order valence-electron chi connectivity index (χ0n) is 23.9. The Bertz CT molecular complexity index is 1590. The van der Waals surface area contributed by atoms with Crippen molar-refractivity contribution < 1.29 is 22.7 Å². The summed E-state index contributed by atoms with van der Waals surface area (Å²) in [6.07, 6.45) is 2.31. The van der Waals surface area contributed by atoms with Gasteiger partial charge in [0, 0.05) is 15.6 Å². The molecular formula is C33H38Cl2N2O5S. The number of nitrogens with zero attached hydrogens (tertiary/aromatic N) is 1. The summed E-state index contributed by atoms with van der Waals surface area (Å²) in [4.78, 5) is 26.7. The molecule has 43 heavy (non-hydrogen) atoms. The number of ether oxygens (including phenoxy) is 1. The maximum Gasteiger partial charge on any atom is 0.328 e. The summed E-state index contributed by atoms with van der Waals surface area (Å²) in [5.74, 6) is -1.04. The molecule has 4 rings (SSSR count). The highest BCUT2D eigenvalue weighted by molar-refractivity contribution is 7.89. The molecule has 1 aliphatic heterocycles. The van der Waals surface area contributed by atoms with Crippen molar-refractivity contribution in [1.29, 1.82) is 0 Å².